The van der Waals surface area contributed by atoms with E-state index in [0.717, 1.165) is 0 Å². The maximum absolute atomic E-state index is 13.5. The highest BCUT2D eigenvalue weighted by Gasteiger charge is 2.18. The summed E-state index contributed by atoms with van der Waals surface area (Å²) in [4.78, 5) is 0. The number of benzene rings is 2. The van der Waals surface area contributed by atoms with Crippen molar-refractivity contribution in [2.45, 2.75) is 11.8 Å². The Kier molecular flexibility index (Phi) is 4.67. The van der Waals surface area contributed by atoms with Crippen LogP contribution in [0.2, 0.25) is 10.0 Å². The highest BCUT2D eigenvalue weighted by Crippen LogP contribution is 2.35. The molecular formula is C14H9Cl3F2. The normalized spacial score (nSPS) is 12.5. The van der Waals surface area contributed by atoms with Gasteiger partial charge in [-0.1, -0.05) is 41.4 Å². The molecule has 0 saturated heterocycles. The minimum atomic E-state index is -0.655. The molecule has 0 nitrogen and oxygen atoms in total. The summed E-state index contributed by atoms with van der Waals surface area (Å²) in [5, 5.41) is 0.0114. The van der Waals surface area contributed by atoms with Crippen LogP contribution < -0.4 is 0 Å². The summed E-state index contributed by atoms with van der Waals surface area (Å²) in [5.41, 5.74) is 0.497. The summed E-state index contributed by atoms with van der Waals surface area (Å²) in [7, 11) is 0. The fourth-order valence-corrected chi connectivity index (χ4v) is 2.61. The second-order valence-corrected chi connectivity index (χ2v) is 5.33. The first-order valence-electron chi connectivity index (χ1n) is 5.51. The van der Waals surface area contributed by atoms with Crippen molar-refractivity contribution in [3.8, 4) is 0 Å². The summed E-state index contributed by atoms with van der Waals surface area (Å²) in [6.45, 7) is 0. The second-order valence-electron chi connectivity index (χ2n) is 4.01. The molecule has 2 aromatic carbocycles. The van der Waals surface area contributed by atoms with Crippen molar-refractivity contribution in [1.29, 1.82) is 0 Å². The highest BCUT2D eigenvalue weighted by molar-refractivity contribution is 6.43. The molecule has 1 atom stereocenters. The molecule has 0 saturated carbocycles. The van der Waals surface area contributed by atoms with Gasteiger partial charge in [-0.3, -0.25) is 0 Å². The van der Waals surface area contributed by atoms with Gasteiger partial charge in [0.1, 0.15) is 11.6 Å². The zero-order chi connectivity index (χ0) is 14.0. The van der Waals surface area contributed by atoms with Gasteiger partial charge in [-0.25, -0.2) is 8.78 Å². The fourth-order valence-electron chi connectivity index (χ4n) is 1.78. The zero-order valence-electron chi connectivity index (χ0n) is 9.64. The van der Waals surface area contributed by atoms with Gasteiger partial charge < -0.3 is 0 Å². The standard InChI is InChI=1S/C14H9Cl3F2/c15-10-4-1-3-8(14(10)17)11(16)7-9-12(18)5-2-6-13(9)19/h1-6,11H,7H2. The zero-order valence-corrected chi connectivity index (χ0v) is 11.9. The fraction of sp³-hybridized carbons (Fsp3) is 0.143. The average Bonchev–Trinajstić information content (AvgIpc) is 2.37. The Labute approximate surface area is 124 Å². The summed E-state index contributed by atoms with van der Waals surface area (Å²) in [6, 6.07) is 8.70. The first-order chi connectivity index (χ1) is 9.00. The molecule has 0 fully saturated rings. The lowest BCUT2D eigenvalue weighted by molar-refractivity contribution is 0.553. The van der Waals surface area contributed by atoms with Crippen molar-refractivity contribution < 1.29 is 8.78 Å². The van der Waals surface area contributed by atoms with Crippen LogP contribution in [-0.4, -0.2) is 0 Å². The summed E-state index contributed by atoms with van der Waals surface area (Å²) < 4.78 is 27.1. The maximum Gasteiger partial charge on any atom is 0.129 e. The maximum atomic E-state index is 13.5. The summed E-state index contributed by atoms with van der Waals surface area (Å²) in [6.07, 6.45) is 0.000123. The van der Waals surface area contributed by atoms with Gasteiger partial charge >= 0.3 is 0 Å². The number of hydrogen-bond acceptors (Lipinski definition) is 0. The largest absolute Gasteiger partial charge is 0.207 e. The minimum Gasteiger partial charge on any atom is -0.207 e. The third kappa shape index (κ3) is 3.19. The van der Waals surface area contributed by atoms with Gasteiger partial charge in [-0.15, -0.1) is 11.6 Å². The van der Waals surface area contributed by atoms with Gasteiger partial charge in [0.15, 0.2) is 0 Å². The molecule has 0 spiro atoms. The van der Waals surface area contributed by atoms with Crippen molar-refractivity contribution in [3.05, 3.63) is 69.2 Å². The molecule has 0 aliphatic heterocycles. The summed E-state index contributed by atoms with van der Waals surface area (Å²) in [5.74, 6) is -1.24. The lowest BCUT2D eigenvalue weighted by Gasteiger charge is -2.13. The molecule has 0 amide bonds. The SMILES string of the molecule is Fc1cccc(F)c1CC(Cl)c1cccc(Cl)c1Cl. The molecule has 5 heteroatoms. The molecular weight excluding hydrogens is 313 g/mol. The van der Waals surface area contributed by atoms with Gasteiger partial charge in [-0.2, -0.15) is 0 Å². The number of alkyl halides is 1. The molecule has 0 bridgehead atoms. The van der Waals surface area contributed by atoms with E-state index >= 15 is 0 Å². The van der Waals surface area contributed by atoms with Crippen LogP contribution in [0.15, 0.2) is 36.4 Å². The summed E-state index contributed by atoms with van der Waals surface area (Å²) >= 11 is 18.1. The molecule has 0 aliphatic rings. The van der Waals surface area contributed by atoms with Crippen LogP contribution in [-0.2, 0) is 6.42 Å². The molecule has 2 rings (SSSR count). The second kappa shape index (κ2) is 6.08. The number of halogens is 5. The lowest BCUT2D eigenvalue weighted by atomic mass is 10.0. The van der Waals surface area contributed by atoms with Gasteiger partial charge in [0.2, 0.25) is 0 Å². The van der Waals surface area contributed by atoms with Gasteiger partial charge in [0, 0.05) is 5.56 Å². The Bertz CT molecular complexity index is 579. The third-order valence-corrected chi connectivity index (χ3v) is 3.99. The van der Waals surface area contributed by atoms with Crippen LogP contribution in [0.25, 0.3) is 0 Å². The van der Waals surface area contributed by atoms with E-state index in [1.807, 2.05) is 0 Å². The number of rotatable bonds is 3. The number of hydrogen-bond donors (Lipinski definition) is 0. The van der Waals surface area contributed by atoms with Crippen molar-refractivity contribution in [2.75, 3.05) is 0 Å². The van der Waals surface area contributed by atoms with Crippen LogP contribution in [0.4, 0.5) is 8.78 Å². The van der Waals surface area contributed by atoms with E-state index in [9.17, 15) is 8.78 Å². The minimum absolute atomic E-state index is 0.000123. The van der Waals surface area contributed by atoms with E-state index in [4.69, 9.17) is 34.8 Å². The van der Waals surface area contributed by atoms with Crippen molar-refractivity contribution in [3.63, 3.8) is 0 Å². The molecule has 2 aromatic rings. The molecule has 0 radical (unpaired) electrons. The topological polar surface area (TPSA) is 0 Å². The quantitative estimate of drug-likeness (QED) is 0.627. The van der Waals surface area contributed by atoms with Crippen molar-refractivity contribution in [1.82, 2.24) is 0 Å². The predicted octanol–water partition coefficient (Wildman–Crippen LogP) is 5.79. The van der Waals surface area contributed by atoms with Crippen LogP contribution in [0, 0.1) is 11.6 Å². The van der Waals surface area contributed by atoms with Crippen LogP contribution in [0.3, 0.4) is 0 Å². The molecule has 1 unspecified atom stereocenters. The van der Waals surface area contributed by atoms with Gasteiger partial charge in [-0.05, 0) is 30.2 Å². The van der Waals surface area contributed by atoms with E-state index in [-0.39, 0.29) is 12.0 Å². The van der Waals surface area contributed by atoms with Crippen molar-refractivity contribution in [2.24, 2.45) is 0 Å². The van der Waals surface area contributed by atoms with Crippen molar-refractivity contribution >= 4 is 34.8 Å². The first-order valence-corrected chi connectivity index (χ1v) is 6.71. The van der Waals surface area contributed by atoms with E-state index in [1.54, 1.807) is 18.2 Å². The first kappa shape index (κ1) is 14.6. The monoisotopic (exact) mass is 320 g/mol. The van der Waals surface area contributed by atoms with E-state index in [1.165, 1.54) is 18.2 Å². The molecule has 0 N–H and O–H groups in total. The lowest BCUT2D eigenvalue weighted by Crippen LogP contribution is -2.02. The molecule has 19 heavy (non-hydrogen) atoms. The predicted molar refractivity (Wildman–Crippen MR) is 75.1 cm³/mol. The average molecular weight is 322 g/mol. The molecule has 0 aliphatic carbocycles. The Morgan fingerprint density at radius 2 is 1.53 bits per heavy atom. The van der Waals surface area contributed by atoms with Gasteiger partial charge in [0.05, 0.1) is 15.4 Å². The Morgan fingerprint density at radius 1 is 0.947 bits per heavy atom. The highest BCUT2D eigenvalue weighted by atomic mass is 35.5. The van der Waals surface area contributed by atoms with Crippen LogP contribution >= 0.6 is 34.8 Å². The van der Waals surface area contributed by atoms with E-state index in [2.05, 4.69) is 0 Å². The smallest absolute Gasteiger partial charge is 0.129 e. The molecule has 100 valence electrons. The third-order valence-electron chi connectivity index (χ3n) is 2.76. The van der Waals surface area contributed by atoms with Gasteiger partial charge in [0.25, 0.3) is 0 Å². The Balaban J connectivity index is 2.31. The molecule has 0 heterocycles. The van der Waals surface area contributed by atoms with E-state index < -0.39 is 17.0 Å². The Morgan fingerprint density at radius 3 is 2.16 bits per heavy atom. The molecule has 0 aromatic heterocycles. The Hall–Kier alpha value is -0.830. The van der Waals surface area contributed by atoms with Crippen LogP contribution in [0.5, 0.6) is 0 Å². The van der Waals surface area contributed by atoms with E-state index in [0.29, 0.717) is 15.6 Å². The van der Waals surface area contributed by atoms with Crippen LogP contribution in [0.1, 0.15) is 16.5 Å².